The first kappa shape index (κ1) is 20.4. The number of alkyl halides is 2. The Hall–Kier alpha value is -3.35. The summed E-state index contributed by atoms with van der Waals surface area (Å²) in [5.74, 6) is 0.933. The van der Waals surface area contributed by atoms with E-state index in [1.165, 1.54) is 18.2 Å². The molecule has 0 aliphatic rings. The number of benzene rings is 2. The van der Waals surface area contributed by atoms with Crippen molar-refractivity contribution in [2.24, 2.45) is 0 Å². The molecule has 1 N–H and O–H groups in total. The van der Waals surface area contributed by atoms with Gasteiger partial charge in [0.2, 0.25) is 0 Å². The SMILES string of the molecule is Cc1cc(C)cc(OCc2ccc(C(=O)Nc3ccc(OC(F)F)cc3C)o2)c1. The Morgan fingerprint density at radius 3 is 2.38 bits per heavy atom. The Balaban J connectivity index is 1.62. The number of furan rings is 1. The van der Waals surface area contributed by atoms with Crippen LogP contribution < -0.4 is 14.8 Å². The minimum Gasteiger partial charge on any atom is -0.486 e. The lowest BCUT2D eigenvalue weighted by atomic mass is 10.1. The number of rotatable bonds is 7. The van der Waals surface area contributed by atoms with Crippen molar-refractivity contribution in [2.75, 3.05) is 5.32 Å². The smallest absolute Gasteiger partial charge is 0.387 e. The Bertz CT molecular complexity index is 994. The van der Waals surface area contributed by atoms with Gasteiger partial charge in [0.1, 0.15) is 23.9 Å². The van der Waals surface area contributed by atoms with E-state index in [4.69, 9.17) is 9.15 Å². The van der Waals surface area contributed by atoms with Crippen molar-refractivity contribution in [3.8, 4) is 11.5 Å². The molecule has 1 amide bonds. The minimum absolute atomic E-state index is 0.0271. The maximum absolute atomic E-state index is 12.4. The third-order valence-electron chi connectivity index (χ3n) is 4.13. The second-order valence-electron chi connectivity index (χ2n) is 6.69. The van der Waals surface area contributed by atoms with Gasteiger partial charge in [-0.2, -0.15) is 8.78 Å². The highest BCUT2D eigenvalue weighted by Gasteiger charge is 2.14. The molecule has 0 atom stereocenters. The Morgan fingerprint density at radius 2 is 1.72 bits per heavy atom. The zero-order valence-electron chi connectivity index (χ0n) is 16.3. The molecule has 0 saturated heterocycles. The zero-order valence-corrected chi connectivity index (χ0v) is 16.3. The van der Waals surface area contributed by atoms with E-state index in [0.29, 0.717) is 17.0 Å². The molecule has 0 bridgehead atoms. The first-order chi connectivity index (χ1) is 13.8. The van der Waals surface area contributed by atoms with Crippen LogP contribution in [0.4, 0.5) is 14.5 Å². The van der Waals surface area contributed by atoms with Gasteiger partial charge in [0.05, 0.1) is 0 Å². The number of halogens is 2. The molecule has 0 fully saturated rings. The fraction of sp³-hybridized carbons (Fsp3) is 0.227. The molecule has 0 radical (unpaired) electrons. The van der Waals surface area contributed by atoms with Gasteiger partial charge in [0.25, 0.3) is 5.91 Å². The largest absolute Gasteiger partial charge is 0.486 e. The summed E-state index contributed by atoms with van der Waals surface area (Å²) in [5, 5.41) is 2.69. The van der Waals surface area contributed by atoms with Crippen molar-refractivity contribution in [3.05, 3.63) is 76.7 Å². The van der Waals surface area contributed by atoms with Crippen molar-refractivity contribution in [1.82, 2.24) is 0 Å². The summed E-state index contributed by atoms with van der Waals surface area (Å²) in [4.78, 5) is 12.4. The molecular weight excluding hydrogens is 380 g/mol. The second kappa shape index (κ2) is 8.77. The van der Waals surface area contributed by atoms with Gasteiger partial charge in [0.15, 0.2) is 5.76 Å². The molecule has 3 aromatic rings. The van der Waals surface area contributed by atoms with E-state index in [0.717, 1.165) is 16.9 Å². The van der Waals surface area contributed by atoms with Gasteiger partial charge in [-0.25, -0.2) is 0 Å². The minimum atomic E-state index is -2.90. The average Bonchev–Trinajstić information content (AvgIpc) is 3.10. The molecule has 29 heavy (non-hydrogen) atoms. The van der Waals surface area contributed by atoms with E-state index >= 15 is 0 Å². The van der Waals surface area contributed by atoms with Crippen LogP contribution >= 0.6 is 0 Å². The average molecular weight is 401 g/mol. The standard InChI is InChI=1S/C22H21F2NO4/c1-13-8-14(2)10-18(9-13)27-12-17-5-7-20(28-17)21(26)25-19-6-4-16(11-15(19)3)29-22(23)24/h4-11,22H,12H2,1-3H3,(H,25,26). The highest BCUT2D eigenvalue weighted by molar-refractivity contribution is 6.02. The third kappa shape index (κ3) is 5.57. The molecule has 3 rings (SSSR count). The molecule has 0 aliphatic carbocycles. The monoisotopic (exact) mass is 401 g/mol. The first-order valence-corrected chi connectivity index (χ1v) is 8.97. The van der Waals surface area contributed by atoms with Crippen LogP contribution in [0.15, 0.2) is 52.9 Å². The number of hydrogen-bond acceptors (Lipinski definition) is 4. The molecule has 1 aromatic heterocycles. The molecule has 0 aliphatic heterocycles. The molecular formula is C22H21F2NO4. The van der Waals surface area contributed by atoms with Crippen LogP contribution in [0.5, 0.6) is 11.5 Å². The third-order valence-corrected chi connectivity index (χ3v) is 4.13. The maximum Gasteiger partial charge on any atom is 0.387 e. The number of carbonyl (C=O) groups excluding carboxylic acids is 1. The quantitative estimate of drug-likeness (QED) is 0.557. The van der Waals surface area contributed by atoms with Crippen LogP contribution in [-0.4, -0.2) is 12.5 Å². The fourth-order valence-corrected chi connectivity index (χ4v) is 2.88. The number of aryl methyl sites for hydroxylation is 3. The van der Waals surface area contributed by atoms with Crippen LogP contribution in [0.3, 0.4) is 0 Å². The van der Waals surface area contributed by atoms with E-state index in [1.54, 1.807) is 19.1 Å². The van der Waals surface area contributed by atoms with E-state index < -0.39 is 12.5 Å². The normalized spacial score (nSPS) is 10.8. The van der Waals surface area contributed by atoms with E-state index in [9.17, 15) is 13.6 Å². The lowest BCUT2D eigenvalue weighted by Gasteiger charge is -2.10. The number of hydrogen-bond donors (Lipinski definition) is 1. The summed E-state index contributed by atoms with van der Waals surface area (Å²) in [5.41, 5.74) is 3.25. The van der Waals surface area contributed by atoms with E-state index in [1.807, 2.05) is 26.0 Å². The molecule has 0 saturated carbocycles. The molecule has 7 heteroatoms. The second-order valence-corrected chi connectivity index (χ2v) is 6.69. The Morgan fingerprint density at radius 1 is 1.00 bits per heavy atom. The van der Waals surface area contributed by atoms with Gasteiger partial charge in [-0.15, -0.1) is 0 Å². The highest BCUT2D eigenvalue weighted by atomic mass is 19.3. The van der Waals surface area contributed by atoms with Gasteiger partial charge in [-0.3, -0.25) is 4.79 Å². The van der Waals surface area contributed by atoms with Crippen LogP contribution in [0.25, 0.3) is 0 Å². The van der Waals surface area contributed by atoms with Gasteiger partial charge in [-0.05, 0) is 79.9 Å². The number of anilines is 1. The van der Waals surface area contributed by atoms with Crippen molar-refractivity contribution in [1.29, 1.82) is 0 Å². The van der Waals surface area contributed by atoms with E-state index in [2.05, 4.69) is 16.1 Å². The zero-order chi connectivity index (χ0) is 21.0. The van der Waals surface area contributed by atoms with E-state index in [-0.39, 0.29) is 18.1 Å². The van der Waals surface area contributed by atoms with Crippen molar-refractivity contribution in [2.45, 2.75) is 34.0 Å². The molecule has 0 unspecified atom stereocenters. The van der Waals surface area contributed by atoms with Gasteiger partial charge >= 0.3 is 6.61 Å². The first-order valence-electron chi connectivity index (χ1n) is 8.97. The highest BCUT2D eigenvalue weighted by Crippen LogP contribution is 2.24. The lowest BCUT2D eigenvalue weighted by molar-refractivity contribution is -0.0498. The predicted octanol–water partition coefficient (Wildman–Crippen LogP) is 5.64. The van der Waals surface area contributed by atoms with Gasteiger partial charge in [0, 0.05) is 5.69 Å². The Labute approximate surface area is 167 Å². The number of nitrogens with one attached hydrogen (secondary N) is 1. The van der Waals surface area contributed by atoms with Crippen molar-refractivity contribution < 1.29 is 27.5 Å². The molecule has 5 nitrogen and oxygen atoms in total. The fourth-order valence-electron chi connectivity index (χ4n) is 2.88. The maximum atomic E-state index is 12.4. The summed E-state index contributed by atoms with van der Waals surface area (Å²) in [6, 6.07) is 13.4. The van der Waals surface area contributed by atoms with Crippen LogP contribution in [-0.2, 0) is 6.61 Å². The number of amides is 1. The summed E-state index contributed by atoms with van der Waals surface area (Å²) in [6.07, 6.45) is 0. The van der Waals surface area contributed by atoms with Crippen molar-refractivity contribution in [3.63, 3.8) is 0 Å². The molecule has 1 heterocycles. The lowest BCUT2D eigenvalue weighted by Crippen LogP contribution is -2.12. The number of ether oxygens (including phenoxy) is 2. The topological polar surface area (TPSA) is 60.7 Å². The van der Waals surface area contributed by atoms with Crippen LogP contribution in [0.1, 0.15) is 33.0 Å². The predicted molar refractivity (Wildman–Crippen MR) is 105 cm³/mol. The summed E-state index contributed by atoms with van der Waals surface area (Å²) in [6.45, 7) is 2.95. The van der Waals surface area contributed by atoms with Crippen LogP contribution in [0, 0.1) is 20.8 Å². The van der Waals surface area contributed by atoms with Crippen LogP contribution in [0.2, 0.25) is 0 Å². The molecule has 152 valence electrons. The van der Waals surface area contributed by atoms with Gasteiger partial charge in [-0.1, -0.05) is 6.07 Å². The Kier molecular flexibility index (Phi) is 6.16. The summed E-state index contributed by atoms with van der Waals surface area (Å²) < 4.78 is 40.2. The summed E-state index contributed by atoms with van der Waals surface area (Å²) >= 11 is 0. The molecule has 2 aromatic carbocycles. The number of carbonyl (C=O) groups is 1. The molecule has 0 spiro atoms. The van der Waals surface area contributed by atoms with Gasteiger partial charge < -0.3 is 19.2 Å². The summed E-state index contributed by atoms with van der Waals surface area (Å²) in [7, 11) is 0. The van der Waals surface area contributed by atoms with Crippen molar-refractivity contribution >= 4 is 11.6 Å².